The molecule has 1 aliphatic carbocycles. The molecule has 0 saturated heterocycles. The van der Waals surface area contributed by atoms with E-state index in [2.05, 4.69) is 17.3 Å². The first-order chi connectivity index (χ1) is 9.18. The summed E-state index contributed by atoms with van der Waals surface area (Å²) in [6.07, 6.45) is 5.37. The van der Waals surface area contributed by atoms with E-state index in [1.165, 1.54) is 37.0 Å². The molecule has 0 amide bonds. The Kier molecular flexibility index (Phi) is 5.36. The van der Waals surface area contributed by atoms with Crippen molar-refractivity contribution in [3.63, 3.8) is 0 Å². The molecule has 0 radical (unpaired) electrons. The third-order valence-electron chi connectivity index (χ3n) is 3.85. The summed E-state index contributed by atoms with van der Waals surface area (Å²) in [5.74, 6) is -0.824. The first-order valence-corrected chi connectivity index (χ1v) is 7.77. The van der Waals surface area contributed by atoms with Gasteiger partial charge < -0.3 is 15.3 Å². The van der Waals surface area contributed by atoms with Gasteiger partial charge in [0, 0.05) is 25.7 Å². The molecular weight excluding hydrogens is 260 g/mol. The van der Waals surface area contributed by atoms with Crippen LogP contribution in [0.1, 0.15) is 40.9 Å². The van der Waals surface area contributed by atoms with Crippen molar-refractivity contribution in [3.05, 3.63) is 21.9 Å². The monoisotopic (exact) mass is 282 g/mol. The minimum Gasteiger partial charge on any atom is -0.477 e. The lowest BCUT2D eigenvalue weighted by molar-refractivity contribution is 0.0701. The van der Waals surface area contributed by atoms with E-state index < -0.39 is 5.97 Å². The van der Waals surface area contributed by atoms with E-state index in [1.807, 2.05) is 11.4 Å². The average Bonchev–Trinajstić information content (AvgIpc) is 3.04. The van der Waals surface area contributed by atoms with Crippen LogP contribution in [0.25, 0.3) is 0 Å². The molecule has 0 aromatic carbocycles. The van der Waals surface area contributed by atoms with Crippen molar-refractivity contribution in [2.75, 3.05) is 20.1 Å². The van der Waals surface area contributed by atoms with Gasteiger partial charge in [-0.05, 0) is 36.9 Å². The highest BCUT2D eigenvalue weighted by Gasteiger charge is 2.18. The Morgan fingerprint density at radius 3 is 2.95 bits per heavy atom. The van der Waals surface area contributed by atoms with Gasteiger partial charge >= 0.3 is 5.97 Å². The summed E-state index contributed by atoms with van der Waals surface area (Å²) in [4.78, 5) is 13.8. The van der Waals surface area contributed by atoms with Crippen LogP contribution in [0, 0.1) is 0 Å². The number of carboxylic acid groups (broad SMARTS) is 1. The average molecular weight is 282 g/mol. The maximum absolute atomic E-state index is 11.0. The van der Waals surface area contributed by atoms with Crippen LogP contribution in [-0.4, -0.2) is 42.2 Å². The fourth-order valence-corrected chi connectivity index (χ4v) is 3.43. The minimum absolute atomic E-state index is 0.455. The zero-order valence-corrected chi connectivity index (χ0v) is 12.2. The summed E-state index contributed by atoms with van der Waals surface area (Å²) in [5, 5.41) is 14.2. The zero-order chi connectivity index (χ0) is 13.7. The number of hydrogen-bond donors (Lipinski definition) is 2. The number of rotatable bonds is 7. The second-order valence-corrected chi connectivity index (χ2v) is 6.09. The highest BCUT2D eigenvalue weighted by atomic mass is 32.1. The number of carbonyl (C=O) groups is 1. The van der Waals surface area contributed by atoms with Gasteiger partial charge in [0.05, 0.1) is 0 Å². The fourth-order valence-electron chi connectivity index (χ4n) is 2.67. The number of nitrogens with zero attached hydrogens (tertiary/aromatic N) is 1. The number of thiophene rings is 1. The fraction of sp³-hybridized carbons (Fsp3) is 0.643. The molecule has 1 fully saturated rings. The first kappa shape index (κ1) is 14.5. The molecule has 0 bridgehead atoms. The molecule has 0 atom stereocenters. The van der Waals surface area contributed by atoms with Crippen LogP contribution in [0.3, 0.4) is 0 Å². The van der Waals surface area contributed by atoms with Crippen LogP contribution >= 0.6 is 11.3 Å². The molecule has 106 valence electrons. The Hall–Kier alpha value is -0.910. The largest absolute Gasteiger partial charge is 0.477 e. The Bertz CT molecular complexity index is 413. The van der Waals surface area contributed by atoms with Gasteiger partial charge in [-0.25, -0.2) is 4.79 Å². The van der Waals surface area contributed by atoms with Crippen LogP contribution in [0.2, 0.25) is 0 Å². The Labute approximate surface area is 118 Å². The third kappa shape index (κ3) is 4.03. The van der Waals surface area contributed by atoms with E-state index in [-0.39, 0.29) is 0 Å². The zero-order valence-electron chi connectivity index (χ0n) is 11.4. The summed E-state index contributed by atoms with van der Waals surface area (Å²) in [5.41, 5.74) is 0.890. The van der Waals surface area contributed by atoms with E-state index in [0.717, 1.165) is 24.7 Å². The first-order valence-electron chi connectivity index (χ1n) is 6.89. The molecule has 4 nitrogen and oxygen atoms in total. The van der Waals surface area contributed by atoms with E-state index in [4.69, 9.17) is 5.11 Å². The van der Waals surface area contributed by atoms with Crippen LogP contribution in [0.4, 0.5) is 0 Å². The summed E-state index contributed by atoms with van der Waals surface area (Å²) in [6, 6.07) is 2.64. The Morgan fingerprint density at radius 1 is 1.53 bits per heavy atom. The topological polar surface area (TPSA) is 52.6 Å². The third-order valence-corrected chi connectivity index (χ3v) is 4.79. The normalized spacial score (nSPS) is 16.3. The van der Waals surface area contributed by atoms with Gasteiger partial charge in [0.15, 0.2) is 0 Å². The van der Waals surface area contributed by atoms with Gasteiger partial charge in [0.1, 0.15) is 4.88 Å². The molecule has 0 unspecified atom stereocenters. The molecular formula is C14H22N2O2S. The van der Waals surface area contributed by atoms with E-state index >= 15 is 0 Å². The van der Waals surface area contributed by atoms with Crippen molar-refractivity contribution in [1.82, 2.24) is 10.2 Å². The highest BCUT2D eigenvalue weighted by molar-refractivity contribution is 7.12. The number of likely N-dealkylation sites (N-methyl/N-ethyl adjacent to an activating group) is 1. The highest BCUT2D eigenvalue weighted by Crippen LogP contribution is 2.21. The SMILES string of the molecule is CN(CCNCc1ccsc1C(=O)O)C1CCCC1. The predicted octanol–water partition coefficient (Wildman–Crippen LogP) is 2.41. The molecule has 1 aliphatic rings. The summed E-state index contributed by atoms with van der Waals surface area (Å²) >= 11 is 1.29. The molecule has 0 spiro atoms. The second kappa shape index (κ2) is 7.03. The lowest BCUT2D eigenvalue weighted by Gasteiger charge is -2.23. The molecule has 1 aromatic heterocycles. The summed E-state index contributed by atoms with van der Waals surface area (Å²) in [6.45, 7) is 2.57. The van der Waals surface area contributed by atoms with E-state index in [0.29, 0.717) is 11.4 Å². The van der Waals surface area contributed by atoms with Crippen LogP contribution < -0.4 is 5.32 Å². The Balaban J connectivity index is 1.68. The van der Waals surface area contributed by atoms with Crippen molar-refractivity contribution in [1.29, 1.82) is 0 Å². The van der Waals surface area contributed by atoms with E-state index in [9.17, 15) is 4.79 Å². The predicted molar refractivity (Wildman–Crippen MR) is 77.9 cm³/mol. The smallest absolute Gasteiger partial charge is 0.346 e. The lowest BCUT2D eigenvalue weighted by Crippen LogP contribution is -2.35. The number of aromatic carboxylic acids is 1. The lowest BCUT2D eigenvalue weighted by atomic mass is 10.2. The van der Waals surface area contributed by atoms with Gasteiger partial charge in [-0.15, -0.1) is 11.3 Å². The number of hydrogen-bond acceptors (Lipinski definition) is 4. The standard InChI is InChI=1S/C14H22N2O2S/c1-16(12-4-2-3-5-12)8-7-15-10-11-6-9-19-13(11)14(17)18/h6,9,12,15H,2-5,7-8,10H2,1H3,(H,17,18). The molecule has 2 N–H and O–H groups in total. The number of carboxylic acids is 1. The van der Waals surface area contributed by atoms with Crippen molar-refractivity contribution in [3.8, 4) is 0 Å². The van der Waals surface area contributed by atoms with E-state index in [1.54, 1.807) is 0 Å². The molecule has 19 heavy (non-hydrogen) atoms. The van der Waals surface area contributed by atoms with Crippen molar-refractivity contribution in [2.24, 2.45) is 0 Å². The second-order valence-electron chi connectivity index (χ2n) is 5.18. The maximum atomic E-state index is 11.0. The minimum atomic E-state index is -0.824. The van der Waals surface area contributed by atoms with Gasteiger partial charge in [0.25, 0.3) is 0 Å². The summed E-state index contributed by atoms with van der Waals surface area (Å²) in [7, 11) is 2.19. The van der Waals surface area contributed by atoms with Crippen molar-refractivity contribution in [2.45, 2.75) is 38.3 Å². The van der Waals surface area contributed by atoms with Crippen molar-refractivity contribution < 1.29 is 9.90 Å². The van der Waals surface area contributed by atoms with Gasteiger partial charge in [-0.3, -0.25) is 0 Å². The molecule has 1 heterocycles. The van der Waals surface area contributed by atoms with Gasteiger partial charge in [0.2, 0.25) is 0 Å². The molecule has 5 heteroatoms. The van der Waals surface area contributed by atoms with Gasteiger partial charge in [-0.2, -0.15) is 0 Å². The molecule has 0 aliphatic heterocycles. The van der Waals surface area contributed by atoms with Crippen LogP contribution in [0.5, 0.6) is 0 Å². The molecule has 2 rings (SSSR count). The van der Waals surface area contributed by atoms with Crippen molar-refractivity contribution >= 4 is 17.3 Å². The Morgan fingerprint density at radius 2 is 2.26 bits per heavy atom. The van der Waals surface area contributed by atoms with Gasteiger partial charge in [-0.1, -0.05) is 12.8 Å². The number of nitrogens with one attached hydrogen (secondary N) is 1. The molecule has 1 aromatic rings. The molecule has 1 saturated carbocycles. The van der Waals surface area contributed by atoms with Crippen LogP contribution in [-0.2, 0) is 6.54 Å². The summed E-state index contributed by atoms with van der Waals surface area (Å²) < 4.78 is 0. The van der Waals surface area contributed by atoms with Crippen LogP contribution in [0.15, 0.2) is 11.4 Å². The quantitative estimate of drug-likeness (QED) is 0.754. The maximum Gasteiger partial charge on any atom is 0.346 e.